The summed E-state index contributed by atoms with van der Waals surface area (Å²) < 4.78 is 33.4. The SMILES string of the molecule is NC1(c2noc(CCOCC(F)F)n2)CCCC1. The van der Waals surface area contributed by atoms with Crippen LogP contribution in [0.3, 0.4) is 0 Å². The van der Waals surface area contributed by atoms with Gasteiger partial charge in [0.15, 0.2) is 5.82 Å². The van der Waals surface area contributed by atoms with Crippen molar-refractivity contribution in [2.75, 3.05) is 13.2 Å². The Hall–Kier alpha value is -1.08. The van der Waals surface area contributed by atoms with Crippen LogP contribution < -0.4 is 5.73 Å². The van der Waals surface area contributed by atoms with Gasteiger partial charge in [0.1, 0.15) is 6.61 Å². The topological polar surface area (TPSA) is 74.2 Å². The lowest BCUT2D eigenvalue weighted by Gasteiger charge is -2.17. The van der Waals surface area contributed by atoms with E-state index in [9.17, 15) is 8.78 Å². The zero-order valence-electron chi connectivity index (χ0n) is 10.1. The van der Waals surface area contributed by atoms with Crippen LogP contribution in [0.2, 0.25) is 0 Å². The molecule has 0 aromatic carbocycles. The van der Waals surface area contributed by atoms with Crippen LogP contribution in [0.4, 0.5) is 8.78 Å². The third-order valence-electron chi connectivity index (χ3n) is 3.11. The maximum absolute atomic E-state index is 11.8. The summed E-state index contributed by atoms with van der Waals surface area (Å²) in [5.74, 6) is 0.903. The molecule has 102 valence electrons. The molecule has 2 N–H and O–H groups in total. The van der Waals surface area contributed by atoms with Crippen molar-refractivity contribution in [2.45, 2.75) is 44.1 Å². The predicted octanol–water partition coefficient (Wildman–Crippen LogP) is 1.62. The van der Waals surface area contributed by atoms with Crippen LogP contribution in [0.1, 0.15) is 37.4 Å². The fourth-order valence-corrected chi connectivity index (χ4v) is 2.12. The Bertz CT molecular complexity index is 378. The number of nitrogens with two attached hydrogens (primary N) is 1. The van der Waals surface area contributed by atoms with Crippen molar-refractivity contribution >= 4 is 0 Å². The molecule has 0 unspecified atom stereocenters. The van der Waals surface area contributed by atoms with E-state index in [0.717, 1.165) is 25.7 Å². The van der Waals surface area contributed by atoms with E-state index in [4.69, 9.17) is 15.0 Å². The number of alkyl halides is 2. The van der Waals surface area contributed by atoms with Crippen molar-refractivity contribution in [2.24, 2.45) is 5.73 Å². The van der Waals surface area contributed by atoms with Crippen molar-refractivity contribution in [3.8, 4) is 0 Å². The number of aromatic nitrogens is 2. The van der Waals surface area contributed by atoms with Crippen LogP contribution in [0.15, 0.2) is 4.52 Å². The number of hydrogen-bond acceptors (Lipinski definition) is 5. The first kappa shape index (κ1) is 13.4. The Morgan fingerprint density at radius 3 is 2.78 bits per heavy atom. The smallest absolute Gasteiger partial charge is 0.261 e. The van der Waals surface area contributed by atoms with Gasteiger partial charge in [-0.3, -0.25) is 0 Å². The first-order chi connectivity index (χ1) is 8.60. The van der Waals surface area contributed by atoms with Crippen LogP contribution >= 0.6 is 0 Å². The number of hydrogen-bond donors (Lipinski definition) is 1. The van der Waals surface area contributed by atoms with Gasteiger partial charge in [0.25, 0.3) is 6.43 Å². The molecule has 1 aromatic heterocycles. The van der Waals surface area contributed by atoms with Gasteiger partial charge in [0.05, 0.1) is 18.6 Å². The summed E-state index contributed by atoms with van der Waals surface area (Å²) >= 11 is 0. The molecule has 0 atom stereocenters. The van der Waals surface area contributed by atoms with E-state index >= 15 is 0 Å². The molecule has 0 radical (unpaired) electrons. The fourth-order valence-electron chi connectivity index (χ4n) is 2.12. The minimum atomic E-state index is -2.45. The maximum Gasteiger partial charge on any atom is 0.261 e. The molecule has 0 bridgehead atoms. The van der Waals surface area contributed by atoms with Crippen LogP contribution in [0, 0.1) is 0 Å². The van der Waals surface area contributed by atoms with Crippen LogP contribution in [-0.4, -0.2) is 29.8 Å². The van der Waals surface area contributed by atoms with Gasteiger partial charge < -0.3 is 15.0 Å². The molecule has 0 aliphatic heterocycles. The molecule has 1 saturated carbocycles. The molecule has 0 saturated heterocycles. The maximum atomic E-state index is 11.8. The molecule has 1 aliphatic carbocycles. The minimum absolute atomic E-state index is 0.142. The molecule has 7 heteroatoms. The van der Waals surface area contributed by atoms with E-state index in [1.54, 1.807) is 0 Å². The summed E-state index contributed by atoms with van der Waals surface area (Å²) in [5, 5.41) is 3.87. The van der Waals surface area contributed by atoms with E-state index in [2.05, 4.69) is 10.1 Å². The Morgan fingerprint density at radius 1 is 1.39 bits per heavy atom. The molecule has 1 fully saturated rings. The Morgan fingerprint density at radius 2 is 2.11 bits per heavy atom. The van der Waals surface area contributed by atoms with Gasteiger partial charge in [0.2, 0.25) is 5.89 Å². The van der Waals surface area contributed by atoms with Gasteiger partial charge in [-0.1, -0.05) is 18.0 Å². The van der Waals surface area contributed by atoms with Crippen LogP contribution in [0.25, 0.3) is 0 Å². The highest BCUT2D eigenvalue weighted by Gasteiger charge is 2.35. The quantitative estimate of drug-likeness (QED) is 0.788. The lowest BCUT2D eigenvalue weighted by atomic mass is 9.99. The second-order valence-electron chi connectivity index (χ2n) is 4.59. The molecule has 1 heterocycles. The first-order valence-corrected chi connectivity index (χ1v) is 6.08. The van der Waals surface area contributed by atoms with Gasteiger partial charge in [-0.25, -0.2) is 8.78 Å². The molecule has 0 spiro atoms. The zero-order chi connectivity index (χ0) is 13.0. The number of halogens is 2. The summed E-state index contributed by atoms with van der Waals surface area (Å²) in [4.78, 5) is 4.21. The largest absolute Gasteiger partial charge is 0.375 e. The van der Waals surface area contributed by atoms with E-state index in [0.29, 0.717) is 18.1 Å². The summed E-state index contributed by atoms with van der Waals surface area (Å²) in [6.07, 6.45) is 1.72. The van der Waals surface area contributed by atoms with Gasteiger partial charge in [-0.2, -0.15) is 4.98 Å². The number of nitrogens with zero attached hydrogens (tertiary/aromatic N) is 2. The molecular weight excluding hydrogens is 244 g/mol. The fraction of sp³-hybridized carbons (Fsp3) is 0.818. The van der Waals surface area contributed by atoms with Gasteiger partial charge in [0, 0.05) is 0 Å². The third-order valence-corrected chi connectivity index (χ3v) is 3.11. The minimum Gasteiger partial charge on any atom is -0.375 e. The second kappa shape index (κ2) is 5.71. The van der Waals surface area contributed by atoms with Crippen LogP contribution in [0.5, 0.6) is 0 Å². The van der Waals surface area contributed by atoms with Gasteiger partial charge in [-0.15, -0.1) is 0 Å². The van der Waals surface area contributed by atoms with Crippen molar-refractivity contribution in [1.29, 1.82) is 0 Å². The molecule has 2 rings (SSSR count). The summed E-state index contributed by atoms with van der Waals surface area (Å²) in [7, 11) is 0. The highest BCUT2D eigenvalue weighted by molar-refractivity contribution is 5.06. The van der Waals surface area contributed by atoms with Gasteiger partial charge in [-0.05, 0) is 12.8 Å². The van der Waals surface area contributed by atoms with Gasteiger partial charge >= 0.3 is 0 Å². The van der Waals surface area contributed by atoms with Crippen LogP contribution in [-0.2, 0) is 16.7 Å². The number of ether oxygens (including phenoxy) is 1. The molecular formula is C11H17F2N3O2. The van der Waals surface area contributed by atoms with E-state index in [-0.39, 0.29) is 6.61 Å². The van der Waals surface area contributed by atoms with Crippen molar-refractivity contribution < 1.29 is 18.0 Å². The second-order valence-corrected chi connectivity index (χ2v) is 4.59. The van der Waals surface area contributed by atoms with Crippen molar-refractivity contribution in [1.82, 2.24) is 10.1 Å². The van der Waals surface area contributed by atoms with E-state index < -0.39 is 18.6 Å². The molecule has 18 heavy (non-hydrogen) atoms. The van der Waals surface area contributed by atoms with E-state index in [1.807, 2.05) is 0 Å². The van der Waals surface area contributed by atoms with Crippen molar-refractivity contribution in [3.63, 3.8) is 0 Å². The average molecular weight is 261 g/mol. The monoisotopic (exact) mass is 261 g/mol. The summed E-state index contributed by atoms with van der Waals surface area (Å²) in [5.41, 5.74) is 5.69. The number of rotatable bonds is 6. The standard InChI is InChI=1S/C11H17F2N3O2/c12-8(13)7-17-6-3-9-15-10(16-18-9)11(14)4-1-2-5-11/h8H,1-7,14H2. The average Bonchev–Trinajstić information content (AvgIpc) is 2.94. The lowest BCUT2D eigenvalue weighted by molar-refractivity contribution is 0.0171. The zero-order valence-corrected chi connectivity index (χ0v) is 10.1. The third kappa shape index (κ3) is 3.23. The summed E-state index contributed by atoms with van der Waals surface area (Å²) in [6.45, 7) is -0.425. The Kier molecular flexibility index (Phi) is 4.23. The first-order valence-electron chi connectivity index (χ1n) is 6.08. The van der Waals surface area contributed by atoms with Crippen molar-refractivity contribution in [3.05, 3.63) is 11.7 Å². The molecule has 1 aromatic rings. The predicted molar refractivity (Wildman–Crippen MR) is 59.2 cm³/mol. The van der Waals surface area contributed by atoms with E-state index in [1.165, 1.54) is 0 Å². The molecule has 0 amide bonds. The Labute approximate surface area is 104 Å². The molecule has 5 nitrogen and oxygen atoms in total. The highest BCUT2D eigenvalue weighted by Crippen LogP contribution is 2.34. The Balaban J connectivity index is 1.83. The summed E-state index contributed by atoms with van der Waals surface area (Å²) in [6, 6.07) is 0. The lowest BCUT2D eigenvalue weighted by Crippen LogP contribution is -2.34. The molecule has 1 aliphatic rings. The highest BCUT2D eigenvalue weighted by atomic mass is 19.3. The normalized spacial score (nSPS) is 18.7.